The van der Waals surface area contributed by atoms with Crippen LogP contribution < -0.4 is 0 Å². The first kappa shape index (κ1) is 6.14. The van der Waals surface area contributed by atoms with Crippen molar-refractivity contribution in [2.75, 3.05) is 7.05 Å². The molecule has 0 aliphatic carbocycles. The lowest BCUT2D eigenvalue weighted by atomic mass is 11.5. The maximum Gasteiger partial charge on any atom is 0.138 e. The van der Waals surface area contributed by atoms with Crippen LogP contribution in [0.15, 0.2) is 0 Å². The number of rotatable bonds is 1. The summed E-state index contributed by atoms with van der Waals surface area (Å²) in [4.78, 5) is 0. The Balaban J connectivity index is 2.99. The summed E-state index contributed by atoms with van der Waals surface area (Å²) in [5.41, 5.74) is 0. The first-order chi connectivity index (χ1) is 2.64. The molecule has 3 heteroatoms. The lowest BCUT2D eigenvalue weighted by molar-refractivity contribution is 0.0236. The third-order valence-electron chi connectivity index (χ3n) is 0.747. The zero-order valence-electron chi connectivity index (χ0n) is 4.47. The van der Waals surface area contributed by atoms with Crippen molar-refractivity contribution in [3.63, 3.8) is 0 Å². The molecule has 0 bridgehead atoms. The SMILES string of the molecule is CN(O)[SiH](C)C. The molecule has 0 unspecified atom stereocenters. The Hall–Kier alpha value is 0.137. The molecule has 1 N–H and O–H groups in total. The minimum absolute atomic E-state index is 0.855. The first-order valence-corrected chi connectivity index (χ1v) is 4.89. The number of hydrogen-bond donors (Lipinski definition) is 1. The highest BCUT2D eigenvalue weighted by Gasteiger charge is 1.95. The summed E-state index contributed by atoms with van der Waals surface area (Å²) in [6.07, 6.45) is 0. The molecule has 0 fully saturated rings. The van der Waals surface area contributed by atoms with Crippen LogP contribution in [-0.4, -0.2) is 25.9 Å². The van der Waals surface area contributed by atoms with E-state index in [0.717, 1.165) is 0 Å². The molecule has 0 amide bonds. The van der Waals surface area contributed by atoms with Gasteiger partial charge in [0.15, 0.2) is 0 Å². The summed E-state index contributed by atoms with van der Waals surface area (Å²) >= 11 is 0. The van der Waals surface area contributed by atoms with Crippen molar-refractivity contribution < 1.29 is 5.21 Å². The van der Waals surface area contributed by atoms with Gasteiger partial charge in [0.25, 0.3) is 0 Å². The van der Waals surface area contributed by atoms with Crippen molar-refractivity contribution in [3.05, 3.63) is 0 Å². The van der Waals surface area contributed by atoms with E-state index in [1.165, 1.54) is 4.73 Å². The zero-order valence-corrected chi connectivity index (χ0v) is 5.63. The normalized spacial score (nSPS) is 11.0. The van der Waals surface area contributed by atoms with E-state index >= 15 is 0 Å². The molecule has 6 heavy (non-hydrogen) atoms. The Bertz CT molecular complexity index is 31.8. The average Bonchev–Trinajstić information content (AvgIpc) is 1.36. The summed E-state index contributed by atoms with van der Waals surface area (Å²) in [6, 6.07) is 0. The largest absolute Gasteiger partial charge is 0.322 e. The smallest absolute Gasteiger partial charge is 0.138 e. The summed E-state index contributed by atoms with van der Waals surface area (Å²) in [6.45, 7) is 4.11. The fourth-order valence-corrected chi connectivity index (χ4v) is 0. The van der Waals surface area contributed by atoms with Crippen LogP contribution >= 0.6 is 0 Å². The van der Waals surface area contributed by atoms with Crippen LogP contribution in [0.1, 0.15) is 0 Å². The molecule has 0 spiro atoms. The first-order valence-electron chi connectivity index (χ1n) is 2.06. The molecule has 0 radical (unpaired) electrons. The Morgan fingerprint density at radius 1 is 1.50 bits per heavy atom. The van der Waals surface area contributed by atoms with E-state index in [9.17, 15) is 0 Å². The molecule has 2 nitrogen and oxygen atoms in total. The number of hydrogen-bond acceptors (Lipinski definition) is 2. The van der Waals surface area contributed by atoms with Crippen LogP contribution in [0.4, 0.5) is 0 Å². The monoisotopic (exact) mass is 105 g/mol. The highest BCUT2D eigenvalue weighted by molar-refractivity contribution is 6.51. The molecular weight excluding hydrogens is 94.1 g/mol. The molecule has 0 aliphatic heterocycles. The maximum absolute atomic E-state index is 8.52. The summed E-state index contributed by atoms with van der Waals surface area (Å²) in [7, 11) is 0.836. The molecule has 0 heterocycles. The van der Waals surface area contributed by atoms with Crippen LogP contribution in [0.2, 0.25) is 13.1 Å². The van der Waals surface area contributed by atoms with Gasteiger partial charge in [-0.15, -0.1) is 0 Å². The zero-order chi connectivity index (χ0) is 5.15. The van der Waals surface area contributed by atoms with Gasteiger partial charge in [0.2, 0.25) is 0 Å². The predicted octanol–water partition coefficient (Wildman–Crippen LogP) is 0.291. The predicted molar refractivity (Wildman–Crippen MR) is 28.4 cm³/mol. The Morgan fingerprint density at radius 2 is 1.67 bits per heavy atom. The van der Waals surface area contributed by atoms with Gasteiger partial charge >= 0.3 is 0 Å². The van der Waals surface area contributed by atoms with Crippen molar-refractivity contribution in [2.24, 2.45) is 0 Å². The fraction of sp³-hybridized carbons (Fsp3) is 1.00. The number of hydroxylamine groups is 1. The van der Waals surface area contributed by atoms with Gasteiger partial charge in [-0.1, -0.05) is 13.1 Å². The van der Waals surface area contributed by atoms with E-state index in [1.54, 1.807) is 7.05 Å². The Labute approximate surface area is 40.0 Å². The van der Waals surface area contributed by atoms with Gasteiger partial charge in [0.05, 0.1) is 0 Å². The Morgan fingerprint density at radius 3 is 1.67 bits per heavy atom. The van der Waals surface area contributed by atoms with E-state index < -0.39 is 8.96 Å². The van der Waals surface area contributed by atoms with Gasteiger partial charge in [0, 0.05) is 7.05 Å². The highest BCUT2D eigenvalue weighted by atomic mass is 28.3. The van der Waals surface area contributed by atoms with Crippen molar-refractivity contribution in [1.82, 2.24) is 4.73 Å². The van der Waals surface area contributed by atoms with Crippen molar-refractivity contribution in [1.29, 1.82) is 0 Å². The van der Waals surface area contributed by atoms with Crippen molar-refractivity contribution >= 4 is 8.96 Å². The van der Waals surface area contributed by atoms with Crippen LogP contribution in [0.5, 0.6) is 0 Å². The summed E-state index contributed by atoms with van der Waals surface area (Å²) in [5.74, 6) is 0. The maximum atomic E-state index is 8.52. The standard InChI is InChI=1S/C3H11NOSi/c1-4(5)6(2)3/h5-6H,1-3H3. The highest BCUT2D eigenvalue weighted by Crippen LogP contribution is 1.79. The van der Waals surface area contributed by atoms with E-state index in [4.69, 9.17) is 5.21 Å². The van der Waals surface area contributed by atoms with Crippen LogP contribution in [0.3, 0.4) is 0 Å². The molecule has 0 atom stereocenters. The van der Waals surface area contributed by atoms with Gasteiger partial charge in [-0.25, -0.2) is 4.73 Å². The van der Waals surface area contributed by atoms with Gasteiger partial charge in [0.1, 0.15) is 8.96 Å². The van der Waals surface area contributed by atoms with E-state index in [-0.39, 0.29) is 0 Å². The molecule has 0 aromatic carbocycles. The minimum atomic E-state index is -0.855. The van der Waals surface area contributed by atoms with Crippen molar-refractivity contribution in [3.8, 4) is 0 Å². The molecule has 0 aromatic heterocycles. The molecule has 0 rings (SSSR count). The molecule has 0 saturated carbocycles. The Kier molecular flexibility index (Phi) is 2.39. The average molecular weight is 105 g/mol. The van der Waals surface area contributed by atoms with Crippen LogP contribution in [-0.2, 0) is 0 Å². The molecule has 38 valence electrons. The topological polar surface area (TPSA) is 23.5 Å². The van der Waals surface area contributed by atoms with Gasteiger partial charge in [-0.05, 0) is 0 Å². The minimum Gasteiger partial charge on any atom is -0.322 e. The van der Waals surface area contributed by atoms with Gasteiger partial charge in [-0.3, -0.25) is 0 Å². The van der Waals surface area contributed by atoms with E-state index in [0.29, 0.717) is 0 Å². The molecule has 0 saturated heterocycles. The van der Waals surface area contributed by atoms with E-state index in [2.05, 4.69) is 13.1 Å². The quantitative estimate of drug-likeness (QED) is 0.383. The van der Waals surface area contributed by atoms with Crippen molar-refractivity contribution in [2.45, 2.75) is 13.1 Å². The number of nitrogens with zero attached hydrogens (tertiary/aromatic N) is 1. The summed E-state index contributed by atoms with van der Waals surface area (Å²) < 4.78 is 1.31. The third kappa shape index (κ3) is 2.38. The molecular formula is C3H11NOSi. The second kappa shape index (κ2) is 2.33. The lowest BCUT2D eigenvalue weighted by Crippen LogP contribution is -2.25. The van der Waals surface area contributed by atoms with Crippen LogP contribution in [0.25, 0.3) is 0 Å². The van der Waals surface area contributed by atoms with Gasteiger partial charge in [-0.2, -0.15) is 0 Å². The second-order valence-corrected chi connectivity index (χ2v) is 4.60. The van der Waals surface area contributed by atoms with E-state index in [1.807, 2.05) is 0 Å². The lowest BCUT2D eigenvalue weighted by Gasteiger charge is -2.08. The third-order valence-corrected chi connectivity index (χ3v) is 2.24. The second-order valence-electron chi connectivity index (χ2n) is 1.67. The van der Waals surface area contributed by atoms with Gasteiger partial charge < -0.3 is 5.21 Å². The fourth-order valence-electron chi connectivity index (χ4n) is 0. The van der Waals surface area contributed by atoms with Crippen LogP contribution in [0, 0.1) is 0 Å². The molecule has 0 aliphatic rings. The molecule has 0 aromatic rings. The summed E-state index contributed by atoms with van der Waals surface area (Å²) in [5, 5.41) is 8.52.